The molecule has 0 aliphatic carbocycles. The predicted molar refractivity (Wildman–Crippen MR) is 61.7 cm³/mol. The van der Waals surface area contributed by atoms with E-state index in [4.69, 9.17) is 25.5 Å². The van der Waals surface area contributed by atoms with Crippen LogP contribution in [-0.2, 0) is 4.74 Å². The Morgan fingerprint density at radius 2 is 2.24 bits per heavy atom. The number of aromatic hydroxyl groups is 1. The second-order valence-electron chi connectivity index (χ2n) is 3.28. The normalized spacial score (nSPS) is 10.7. The summed E-state index contributed by atoms with van der Waals surface area (Å²) in [5.74, 6) is 0.0900. The van der Waals surface area contributed by atoms with Gasteiger partial charge >= 0.3 is 0 Å². The highest BCUT2D eigenvalue weighted by molar-refractivity contribution is 6.30. The number of hydrogen-bond acceptors (Lipinski definition) is 5. The summed E-state index contributed by atoms with van der Waals surface area (Å²) in [6.07, 6.45) is 1.12. The van der Waals surface area contributed by atoms with Crippen molar-refractivity contribution in [2.24, 2.45) is 0 Å². The van der Waals surface area contributed by atoms with Crippen molar-refractivity contribution >= 4 is 22.6 Å². The highest BCUT2D eigenvalue weighted by atomic mass is 35.5. The van der Waals surface area contributed by atoms with Gasteiger partial charge in [0.1, 0.15) is 33.8 Å². The Labute approximate surface area is 101 Å². The van der Waals surface area contributed by atoms with Crippen molar-refractivity contribution in [2.45, 2.75) is 0 Å². The third kappa shape index (κ3) is 2.20. The van der Waals surface area contributed by atoms with Gasteiger partial charge in [0.15, 0.2) is 6.79 Å². The molecule has 0 bridgehead atoms. The molecule has 1 aromatic carbocycles. The van der Waals surface area contributed by atoms with E-state index in [-0.39, 0.29) is 28.5 Å². The van der Waals surface area contributed by atoms with Gasteiger partial charge in [0, 0.05) is 19.2 Å². The van der Waals surface area contributed by atoms with Gasteiger partial charge in [-0.05, 0) is 0 Å². The Morgan fingerprint density at radius 1 is 1.47 bits per heavy atom. The third-order valence-corrected chi connectivity index (χ3v) is 2.39. The van der Waals surface area contributed by atoms with Crippen molar-refractivity contribution < 1.29 is 19.0 Å². The first kappa shape index (κ1) is 11.8. The number of rotatable bonds is 3. The van der Waals surface area contributed by atoms with Crippen LogP contribution >= 0.6 is 11.6 Å². The average molecular weight is 257 g/mol. The Bertz CT molecular complexity index is 605. The fraction of sp³-hybridized carbons (Fsp3) is 0.182. The van der Waals surface area contributed by atoms with Crippen molar-refractivity contribution in [1.29, 1.82) is 0 Å². The molecular formula is C11H9ClO5. The van der Waals surface area contributed by atoms with Gasteiger partial charge in [-0.3, -0.25) is 4.79 Å². The number of phenols is 1. The van der Waals surface area contributed by atoms with Crippen LogP contribution in [0.1, 0.15) is 0 Å². The average Bonchev–Trinajstić information content (AvgIpc) is 2.31. The molecule has 2 rings (SSSR count). The molecule has 0 aliphatic heterocycles. The fourth-order valence-corrected chi connectivity index (χ4v) is 1.53. The lowest BCUT2D eigenvalue weighted by Gasteiger charge is -2.06. The smallest absolute Gasteiger partial charge is 0.215 e. The number of methoxy groups -OCH3 is 1. The molecule has 5 nitrogen and oxygen atoms in total. The van der Waals surface area contributed by atoms with Gasteiger partial charge in [-0.15, -0.1) is 0 Å². The lowest BCUT2D eigenvalue weighted by atomic mass is 10.2. The molecule has 6 heteroatoms. The first-order valence-corrected chi connectivity index (χ1v) is 5.07. The minimum absolute atomic E-state index is 0.0299. The summed E-state index contributed by atoms with van der Waals surface area (Å²) in [5.41, 5.74) is -0.283. The lowest BCUT2D eigenvalue weighted by Crippen LogP contribution is -2.03. The molecule has 2 aromatic rings. The van der Waals surface area contributed by atoms with Crippen LogP contribution in [0.5, 0.6) is 11.5 Å². The van der Waals surface area contributed by atoms with Crippen LogP contribution in [0.25, 0.3) is 11.0 Å². The molecule has 0 spiro atoms. The number of fused-ring (bicyclic) bond motifs is 1. The Balaban J connectivity index is 2.60. The predicted octanol–water partition coefficient (Wildman–Crippen LogP) is 2.13. The van der Waals surface area contributed by atoms with Crippen molar-refractivity contribution in [3.05, 3.63) is 33.6 Å². The zero-order valence-corrected chi connectivity index (χ0v) is 9.65. The molecule has 90 valence electrons. The maximum absolute atomic E-state index is 11.7. The van der Waals surface area contributed by atoms with Gasteiger partial charge in [0.25, 0.3) is 0 Å². The molecule has 1 heterocycles. The summed E-state index contributed by atoms with van der Waals surface area (Å²) in [7, 11) is 1.47. The maximum atomic E-state index is 11.7. The zero-order valence-electron chi connectivity index (χ0n) is 8.90. The summed E-state index contributed by atoms with van der Waals surface area (Å²) >= 11 is 5.61. The van der Waals surface area contributed by atoms with Crippen LogP contribution in [0.3, 0.4) is 0 Å². The van der Waals surface area contributed by atoms with E-state index in [1.165, 1.54) is 19.2 Å². The second kappa shape index (κ2) is 4.65. The largest absolute Gasteiger partial charge is 0.507 e. The topological polar surface area (TPSA) is 68.9 Å². The van der Waals surface area contributed by atoms with Gasteiger partial charge in [-0.1, -0.05) is 11.6 Å². The van der Waals surface area contributed by atoms with E-state index in [0.717, 1.165) is 6.26 Å². The number of hydrogen-bond donors (Lipinski definition) is 1. The van der Waals surface area contributed by atoms with E-state index in [0.29, 0.717) is 5.75 Å². The van der Waals surface area contributed by atoms with Gasteiger partial charge in [0.05, 0.1) is 0 Å². The number of benzene rings is 1. The Kier molecular flexibility index (Phi) is 3.21. The number of ether oxygens (including phenoxy) is 2. The molecule has 0 radical (unpaired) electrons. The van der Waals surface area contributed by atoms with E-state index in [2.05, 4.69) is 0 Å². The highest BCUT2D eigenvalue weighted by Gasteiger charge is 2.12. The van der Waals surface area contributed by atoms with Crippen LogP contribution in [0, 0.1) is 0 Å². The Morgan fingerprint density at radius 3 is 2.94 bits per heavy atom. The first-order valence-electron chi connectivity index (χ1n) is 4.69. The quantitative estimate of drug-likeness (QED) is 0.852. The third-order valence-electron chi connectivity index (χ3n) is 2.13. The van der Waals surface area contributed by atoms with E-state index in [1.54, 1.807) is 0 Å². The molecule has 1 aromatic heterocycles. The molecule has 17 heavy (non-hydrogen) atoms. The highest BCUT2D eigenvalue weighted by Crippen LogP contribution is 2.29. The van der Waals surface area contributed by atoms with Gasteiger partial charge in [0.2, 0.25) is 5.43 Å². The van der Waals surface area contributed by atoms with Crippen LogP contribution in [0.2, 0.25) is 5.02 Å². The SMILES string of the molecule is COCOc1cc(O)c2c(=O)c(Cl)coc2c1. The first-order chi connectivity index (χ1) is 8.13. The molecule has 1 N–H and O–H groups in total. The van der Waals surface area contributed by atoms with E-state index in [1.807, 2.05) is 0 Å². The molecule has 0 saturated carbocycles. The molecule has 0 aliphatic rings. The molecular weight excluding hydrogens is 248 g/mol. The van der Waals surface area contributed by atoms with Crippen LogP contribution < -0.4 is 10.2 Å². The monoisotopic (exact) mass is 256 g/mol. The van der Waals surface area contributed by atoms with Gasteiger partial charge < -0.3 is 19.0 Å². The van der Waals surface area contributed by atoms with Crippen LogP contribution in [0.15, 0.2) is 27.6 Å². The Hall–Kier alpha value is -1.72. The van der Waals surface area contributed by atoms with Crippen molar-refractivity contribution in [2.75, 3.05) is 13.9 Å². The molecule has 0 saturated heterocycles. The summed E-state index contributed by atoms with van der Waals surface area (Å²) in [6.45, 7) is 0.0305. The van der Waals surface area contributed by atoms with Crippen LogP contribution in [-0.4, -0.2) is 19.0 Å². The van der Waals surface area contributed by atoms with Gasteiger partial charge in [-0.2, -0.15) is 0 Å². The second-order valence-corrected chi connectivity index (χ2v) is 3.69. The van der Waals surface area contributed by atoms with Gasteiger partial charge in [-0.25, -0.2) is 0 Å². The molecule has 0 fully saturated rings. The minimum Gasteiger partial charge on any atom is -0.507 e. The molecule has 0 amide bonds. The molecule has 0 atom stereocenters. The summed E-state index contributed by atoms with van der Waals surface area (Å²) in [5, 5.41) is 9.66. The summed E-state index contributed by atoms with van der Waals surface area (Å²) in [6, 6.07) is 2.78. The van der Waals surface area contributed by atoms with Crippen molar-refractivity contribution in [3.8, 4) is 11.5 Å². The standard InChI is InChI=1S/C11H9ClO5/c1-15-5-17-6-2-8(13)10-9(3-6)16-4-7(12)11(10)14/h2-4,13H,5H2,1H3. The minimum atomic E-state index is -0.483. The van der Waals surface area contributed by atoms with Crippen molar-refractivity contribution in [1.82, 2.24) is 0 Å². The van der Waals surface area contributed by atoms with Crippen LogP contribution in [0.4, 0.5) is 0 Å². The number of phenolic OH excluding ortho intramolecular Hbond substituents is 1. The lowest BCUT2D eigenvalue weighted by molar-refractivity contribution is 0.0510. The molecule has 0 unspecified atom stereocenters. The summed E-state index contributed by atoms with van der Waals surface area (Å²) < 4.78 is 15.0. The van der Waals surface area contributed by atoms with E-state index in [9.17, 15) is 9.90 Å². The maximum Gasteiger partial charge on any atom is 0.215 e. The fourth-order valence-electron chi connectivity index (χ4n) is 1.40. The van der Waals surface area contributed by atoms with Crippen molar-refractivity contribution in [3.63, 3.8) is 0 Å². The zero-order chi connectivity index (χ0) is 12.4. The van der Waals surface area contributed by atoms with E-state index >= 15 is 0 Å². The number of halogens is 1. The summed E-state index contributed by atoms with van der Waals surface area (Å²) in [4.78, 5) is 11.7. The van der Waals surface area contributed by atoms with E-state index < -0.39 is 5.43 Å².